The van der Waals surface area contributed by atoms with E-state index in [1.807, 2.05) is 6.92 Å². The largest absolute Gasteiger partial charge is 0.488 e. The van der Waals surface area contributed by atoms with Crippen molar-refractivity contribution in [1.29, 1.82) is 0 Å². The van der Waals surface area contributed by atoms with E-state index in [-0.39, 0.29) is 23.1 Å². The van der Waals surface area contributed by atoms with Crippen molar-refractivity contribution in [2.45, 2.75) is 33.3 Å². The average molecular weight is 269 g/mol. The molecule has 1 aromatic carbocycles. The number of rotatable bonds is 5. The molecule has 1 rings (SSSR count). The summed E-state index contributed by atoms with van der Waals surface area (Å²) in [6, 6.07) is 2.36. The molecule has 5 heteroatoms. The van der Waals surface area contributed by atoms with E-state index in [2.05, 4.69) is 18.6 Å². The van der Waals surface area contributed by atoms with E-state index >= 15 is 0 Å². The first-order valence-corrected chi connectivity index (χ1v) is 6.19. The van der Waals surface area contributed by atoms with Crippen LogP contribution in [0.3, 0.4) is 0 Å². The standard InChI is InChI=1S/C14H20FNO3/c1-8(2)5-9(3)19-13-6-10(14(17)18-4)12(16)7-11(13)15/h6-9H,5,16H2,1-4H3. The molecule has 0 aliphatic carbocycles. The van der Waals surface area contributed by atoms with Gasteiger partial charge in [-0.3, -0.25) is 0 Å². The molecule has 0 aliphatic rings. The van der Waals surface area contributed by atoms with Crippen LogP contribution in [0.15, 0.2) is 12.1 Å². The highest BCUT2D eigenvalue weighted by atomic mass is 19.1. The molecule has 0 bridgehead atoms. The number of carbonyl (C=O) groups is 1. The third-order valence-corrected chi connectivity index (χ3v) is 2.64. The molecular formula is C14H20FNO3. The summed E-state index contributed by atoms with van der Waals surface area (Å²) < 4.78 is 23.8. The number of methoxy groups -OCH3 is 1. The Hall–Kier alpha value is -1.78. The Morgan fingerprint density at radius 2 is 2.00 bits per heavy atom. The van der Waals surface area contributed by atoms with Crippen LogP contribution in [-0.2, 0) is 4.74 Å². The van der Waals surface area contributed by atoms with Gasteiger partial charge in [0.1, 0.15) is 0 Å². The molecule has 1 atom stereocenters. The fraction of sp³-hybridized carbons (Fsp3) is 0.500. The van der Waals surface area contributed by atoms with Crippen molar-refractivity contribution >= 4 is 11.7 Å². The Bertz CT molecular complexity index is 460. The fourth-order valence-corrected chi connectivity index (χ4v) is 1.87. The van der Waals surface area contributed by atoms with Gasteiger partial charge in [-0.1, -0.05) is 13.8 Å². The Morgan fingerprint density at radius 1 is 1.37 bits per heavy atom. The zero-order valence-electron chi connectivity index (χ0n) is 11.7. The summed E-state index contributed by atoms with van der Waals surface area (Å²) >= 11 is 0. The first kappa shape index (κ1) is 15.3. The summed E-state index contributed by atoms with van der Waals surface area (Å²) in [7, 11) is 1.24. The molecule has 0 spiro atoms. The fourth-order valence-electron chi connectivity index (χ4n) is 1.87. The van der Waals surface area contributed by atoms with Crippen molar-refractivity contribution < 1.29 is 18.7 Å². The van der Waals surface area contributed by atoms with Crippen LogP contribution in [0.2, 0.25) is 0 Å². The van der Waals surface area contributed by atoms with E-state index in [1.54, 1.807) is 0 Å². The second-order valence-corrected chi connectivity index (χ2v) is 4.92. The minimum absolute atomic E-state index is 0.0164. The van der Waals surface area contributed by atoms with Crippen LogP contribution >= 0.6 is 0 Å². The lowest BCUT2D eigenvalue weighted by molar-refractivity contribution is 0.0601. The summed E-state index contributed by atoms with van der Waals surface area (Å²) in [6.45, 7) is 5.96. The molecule has 0 fully saturated rings. The second-order valence-electron chi connectivity index (χ2n) is 4.92. The number of ether oxygens (including phenoxy) is 2. The second kappa shape index (κ2) is 6.41. The van der Waals surface area contributed by atoms with Gasteiger partial charge in [-0.2, -0.15) is 0 Å². The molecule has 0 aliphatic heterocycles. The number of halogens is 1. The number of hydrogen-bond donors (Lipinski definition) is 1. The van der Waals surface area contributed by atoms with Gasteiger partial charge in [-0.05, 0) is 25.3 Å². The zero-order chi connectivity index (χ0) is 14.6. The lowest BCUT2D eigenvalue weighted by Gasteiger charge is -2.18. The van der Waals surface area contributed by atoms with Crippen molar-refractivity contribution in [3.05, 3.63) is 23.5 Å². The molecule has 0 radical (unpaired) electrons. The predicted molar refractivity (Wildman–Crippen MR) is 71.7 cm³/mol. The number of esters is 1. The monoisotopic (exact) mass is 269 g/mol. The van der Waals surface area contributed by atoms with Crippen LogP contribution in [0.1, 0.15) is 37.6 Å². The van der Waals surface area contributed by atoms with Crippen LogP contribution in [0, 0.1) is 11.7 Å². The molecule has 0 aromatic heterocycles. The third-order valence-electron chi connectivity index (χ3n) is 2.64. The third kappa shape index (κ3) is 4.12. The first-order chi connectivity index (χ1) is 8.85. The van der Waals surface area contributed by atoms with Crippen molar-refractivity contribution in [2.75, 3.05) is 12.8 Å². The number of carbonyl (C=O) groups excluding carboxylic acids is 1. The van der Waals surface area contributed by atoms with Crippen LogP contribution in [-0.4, -0.2) is 19.2 Å². The Balaban J connectivity index is 2.98. The minimum Gasteiger partial charge on any atom is -0.488 e. The molecule has 0 heterocycles. The van der Waals surface area contributed by atoms with Gasteiger partial charge < -0.3 is 15.2 Å². The number of nitrogen functional groups attached to an aromatic ring is 1. The molecule has 1 unspecified atom stereocenters. The molecular weight excluding hydrogens is 249 g/mol. The Labute approximate surface area is 112 Å². The number of nitrogens with two attached hydrogens (primary N) is 1. The Kier molecular flexibility index (Phi) is 5.15. The molecule has 4 nitrogen and oxygen atoms in total. The average Bonchev–Trinajstić information content (AvgIpc) is 2.30. The maximum absolute atomic E-state index is 13.7. The lowest BCUT2D eigenvalue weighted by Crippen LogP contribution is -2.16. The molecule has 1 aromatic rings. The number of anilines is 1. The molecule has 19 heavy (non-hydrogen) atoms. The number of hydrogen-bond acceptors (Lipinski definition) is 4. The maximum Gasteiger partial charge on any atom is 0.340 e. The smallest absolute Gasteiger partial charge is 0.340 e. The maximum atomic E-state index is 13.7. The van der Waals surface area contributed by atoms with Gasteiger partial charge in [0.2, 0.25) is 0 Å². The lowest BCUT2D eigenvalue weighted by atomic mass is 10.1. The minimum atomic E-state index is -0.612. The van der Waals surface area contributed by atoms with Crippen LogP contribution in [0.4, 0.5) is 10.1 Å². The predicted octanol–water partition coefficient (Wildman–Crippen LogP) is 3.01. The molecule has 2 N–H and O–H groups in total. The Morgan fingerprint density at radius 3 is 2.53 bits per heavy atom. The number of benzene rings is 1. The van der Waals surface area contributed by atoms with Crippen molar-refractivity contribution in [2.24, 2.45) is 5.92 Å². The highest BCUT2D eigenvalue weighted by Gasteiger charge is 2.17. The molecule has 0 amide bonds. The summed E-state index contributed by atoms with van der Waals surface area (Å²) in [5, 5.41) is 0. The van der Waals surface area contributed by atoms with Crippen LogP contribution in [0.5, 0.6) is 5.75 Å². The van der Waals surface area contributed by atoms with Gasteiger partial charge in [0.25, 0.3) is 0 Å². The van der Waals surface area contributed by atoms with Crippen molar-refractivity contribution in [3.8, 4) is 5.75 Å². The van der Waals surface area contributed by atoms with Crippen molar-refractivity contribution in [3.63, 3.8) is 0 Å². The van der Waals surface area contributed by atoms with Gasteiger partial charge in [-0.25, -0.2) is 9.18 Å². The van der Waals surface area contributed by atoms with Gasteiger partial charge in [0.15, 0.2) is 11.6 Å². The molecule has 0 saturated carbocycles. The van der Waals surface area contributed by atoms with Gasteiger partial charge in [0.05, 0.1) is 18.8 Å². The molecule has 106 valence electrons. The van der Waals surface area contributed by atoms with E-state index < -0.39 is 11.8 Å². The van der Waals surface area contributed by atoms with Crippen molar-refractivity contribution in [1.82, 2.24) is 0 Å². The highest BCUT2D eigenvalue weighted by molar-refractivity contribution is 5.95. The van der Waals surface area contributed by atoms with Gasteiger partial charge >= 0.3 is 5.97 Å². The quantitative estimate of drug-likeness (QED) is 0.659. The molecule has 0 saturated heterocycles. The summed E-state index contributed by atoms with van der Waals surface area (Å²) in [6.07, 6.45) is 0.640. The summed E-state index contributed by atoms with van der Waals surface area (Å²) in [5.41, 5.74) is 5.72. The van der Waals surface area contributed by atoms with Crippen LogP contribution in [0.25, 0.3) is 0 Å². The van der Waals surface area contributed by atoms with Gasteiger partial charge in [0, 0.05) is 11.8 Å². The van der Waals surface area contributed by atoms with E-state index in [0.717, 1.165) is 12.5 Å². The zero-order valence-corrected chi connectivity index (χ0v) is 11.7. The van der Waals surface area contributed by atoms with E-state index in [4.69, 9.17) is 10.5 Å². The topological polar surface area (TPSA) is 61.5 Å². The van der Waals surface area contributed by atoms with Crippen LogP contribution < -0.4 is 10.5 Å². The normalized spacial score (nSPS) is 12.3. The van der Waals surface area contributed by atoms with E-state index in [9.17, 15) is 9.18 Å². The van der Waals surface area contributed by atoms with E-state index in [0.29, 0.717) is 5.92 Å². The van der Waals surface area contributed by atoms with Gasteiger partial charge in [-0.15, -0.1) is 0 Å². The SMILES string of the molecule is COC(=O)c1cc(OC(C)CC(C)C)c(F)cc1N. The summed E-state index contributed by atoms with van der Waals surface area (Å²) in [5.74, 6) is -0.741. The highest BCUT2D eigenvalue weighted by Crippen LogP contribution is 2.26. The summed E-state index contributed by atoms with van der Waals surface area (Å²) in [4.78, 5) is 11.5. The van der Waals surface area contributed by atoms with E-state index in [1.165, 1.54) is 13.2 Å². The first-order valence-electron chi connectivity index (χ1n) is 6.19.